The Morgan fingerprint density at radius 1 is 1.05 bits per heavy atom. The lowest BCUT2D eigenvalue weighted by atomic mass is 10.0. The van der Waals surface area contributed by atoms with Crippen LogP contribution in [0.15, 0.2) is 6.07 Å². The minimum Gasteiger partial charge on any atom is -0.332 e. The molecule has 0 bridgehead atoms. The third kappa shape index (κ3) is 2.13. The molecule has 1 aliphatic heterocycles. The molecule has 1 aliphatic rings. The van der Waals surface area contributed by atoms with Gasteiger partial charge in [-0.1, -0.05) is 0 Å². The predicted molar refractivity (Wildman–Crippen MR) is 67.5 cm³/mol. The van der Waals surface area contributed by atoms with E-state index in [1.54, 1.807) is 4.68 Å². The van der Waals surface area contributed by atoms with Crippen molar-refractivity contribution >= 4 is 5.95 Å². The van der Waals surface area contributed by atoms with E-state index in [-0.39, 0.29) is 0 Å². The topological polar surface area (TPSA) is 125 Å². The molecule has 0 saturated carbocycles. The van der Waals surface area contributed by atoms with Gasteiger partial charge in [0.25, 0.3) is 11.9 Å². The predicted octanol–water partition coefficient (Wildman–Crippen LogP) is -1.50. The molecule has 19 heavy (non-hydrogen) atoms. The molecular weight excluding hydrogens is 246 g/mol. The SMILES string of the molecule is Cc1cc(C)n(-c2nnc(N3CC(N)(N)C3)nn2)n1. The molecule has 0 aromatic carbocycles. The fourth-order valence-electron chi connectivity index (χ4n) is 2.07. The number of hydrogen-bond donors (Lipinski definition) is 2. The maximum absolute atomic E-state index is 5.72. The molecule has 0 atom stereocenters. The van der Waals surface area contributed by atoms with Crippen LogP contribution in [-0.4, -0.2) is 48.9 Å². The minimum atomic E-state index is -0.669. The summed E-state index contributed by atoms with van der Waals surface area (Å²) in [6, 6.07) is 1.93. The molecule has 2 aromatic rings. The molecule has 3 heterocycles. The molecule has 1 fully saturated rings. The fourth-order valence-corrected chi connectivity index (χ4v) is 2.07. The van der Waals surface area contributed by atoms with Crippen LogP contribution in [0.3, 0.4) is 0 Å². The summed E-state index contributed by atoms with van der Waals surface area (Å²) < 4.78 is 1.60. The van der Waals surface area contributed by atoms with Crippen LogP contribution >= 0.6 is 0 Å². The Labute approximate surface area is 109 Å². The normalized spacial score (nSPS) is 17.4. The average Bonchev–Trinajstić information content (AvgIpc) is 2.66. The lowest BCUT2D eigenvalue weighted by molar-refractivity contribution is 0.338. The number of hydrogen-bond acceptors (Lipinski definition) is 8. The summed E-state index contributed by atoms with van der Waals surface area (Å²) in [5, 5.41) is 20.4. The van der Waals surface area contributed by atoms with Crippen molar-refractivity contribution in [2.24, 2.45) is 11.5 Å². The molecule has 0 unspecified atom stereocenters. The second-order valence-corrected chi connectivity index (χ2v) is 4.93. The van der Waals surface area contributed by atoms with E-state index in [0.717, 1.165) is 11.4 Å². The highest BCUT2D eigenvalue weighted by molar-refractivity contribution is 5.35. The van der Waals surface area contributed by atoms with Gasteiger partial charge in [-0.25, -0.2) is 4.68 Å². The van der Waals surface area contributed by atoms with Crippen LogP contribution in [-0.2, 0) is 0 Å². The van der Waals surface area contributed by atoms with Crippen molar-refractivity contribution in [3.8, 4) is 5.95 Å². The Hall–Kier alpha value is -2.13. The smallest absolute Gasteiger partial charge is 0.289 e. The van der Waals surface area contributed by atoms with Crippen molar-refractivity contribution in [2.45, 2.75) is 19.5 Å². The van der Waals surface area contributed by atoms with Crippen LogP contribution in [0.5, 0.6) is 0 Å². The Morgan fingerprint density at radius 3 is 2.11 bits per heavy atom. The van der Waals surface area contributed by atoms with E-state index < -0.39 is 5.66 Å². The zero-order valence-corrected chi connectivity index (χ0v) is 10.8. The Bertz CT molecular complexity index is 592. The molecule has 0 radical (unpaired) electrons. The van der Waals surface area contributed by atoms with Crippen molar-refractivity contribution in [1.82, 2.24) is 30.2 Å². The van der Waals surface area contributed by atoms with Gasteiger partial charge >= 0.3 is 0 Å². The van der Waals surface area contributed by atoms with Crippen LogP contribution in [0.4, 0.5) is 5.95 Å². The third-order valence-electron chi connectivity index (χ3n) is 2.91. The van der Waals surface area contributed by atoms with Gasteiger partial charge in [0.1, 0.15) is 0 Å². The lowest BCUT2D eigenvalue weighted by Crippen LogP contribution is -2.73. The monoisotopic (exact) mass is 261 g/mol. The van der Waals surface area contributed by atoms with E-state index in [1.807, 2.05) is 24.8 Å². The summed E-state index contributed by atoms with van der Waals surface area (Å²) in [5.41, 5.74) is 12.6. The van der Waals surface area contributed by atoms with Crippen molar-refractivity contribution < 1.29 is 0 Å². The molecule has 4 N–H and O–H groups in total. The molecule has 0 spiro atoms. The summed E-state index contributed by atoms with van der Waals surface area (Å²) >= 11 is 0. The molecule has 0 aliphatic carbocycles. The lowest BCUT2D eigenvalue weighted by Gasteiger charge is -2.44. The maximum atomic E-state index is 5.72. The maximum Gasteiger partial charge on any atom is 0.289 e. The first-order chi connectivity index (χ1) is 8.94. The van der Waals surface area contributed by atoms with E-state index in [0.29, 0.717) is 25.0 Å². The molecule has 1 saturated heterocycles. The van der Waals surface area contributed by atoms with E-state index >= 15 is 0 Å². The van der Waals surface area contributed by atoms with Gasteiger partial charge in [-0.3, -0.25) is 0 Å². The van der Waals surface area contributed by atoms with Gasteiger partial charge in [-0.05, 0) is 19.9 Å². The van der Waals surface area contributed by atoms with Crippen molar-refractivity contribution in [2.75, 3.05) is 18.0 Å². The largest absolute Gasteiger partial charge is 0.332 e. The van der Waals surface area contributed by atoms with Crippen LogP contribution < -0.4 is 16.4 Å². The first-order valence-electron chi connectivity index (χ1n) is 5.88. The molecule has 0 amide bonds. The Morgan fingerprint density at radius 2 is 1.63 bits per heavy atom. The molecule has 9 nitrogen and oxygen atoms in total. The molecule has 2 aromatic heterocycles. The van der Waals surface area contributed by atoms with E-state index in [4.69, 9.17) is 11.5 Å². The quantitative estimate of drug-likeness (QED) is 0.626. The molecule has 9 heteroatoms. The minimum absolute atomic E-state index is 0.349. The first kappa shape index (κ1) is 11.9. The highest BCUT2D eigenvalue weighted by Crippen LogP contribution is 2.17. The van der Waals surface area contributed by atoms with E-state index in [1.165, 1.54) is 0 Å². The number of rotatable bonds is 2. The number of anilines is 1. The van der Waals surface area contributed by atoms with Gasteiger partial charge in [-0.15, -0.1) is 20.4 Å². The van der Waals surface area contributed by atoms with Crippen LogP contribution in [0.1, 0.15) is 11.4 Å². The van der Waals surface area contributed by atoms with E-state index in [2.05, 4.69) is 25.5 Å². The summed E-state index contributed by atoms with van der Waals surface area (Å²) in [6.45, 7) is 4.82. The van der Waals surface area contributed by atoms with Crippen molar-refractivity contribution in [3.05, 3.63) is 17.5 Å². The first-order valence-corrected chi connectivity index (χ1v) is 5.88. The van der Waals surface area contributed by atoms with Gasteiger partial charge in [0.05, 0.1) is 24.4 Å². The molecule has 100 valence electrons. The van der Waals surface area contributed by atoms with E-state index in [9.17, 15) is 0 Å². The van der Waals surface area contributed by atoms with Gasteiger partial charge in [-0.2, -0.15) is 5.10 Å². The highest BCUT2D eigenvalue weighted by Gasteiger charge is 2.37. The third-order valence-corrected chi connectivity index (χ3v) is 2.91. The Kier molecular flexibility index (Phi) is 2.47. The standard InChI is InChI=1S/C10H15N9/c1-6-3-7(2)19(17-6)9-15-13-8(14-16-9)18-4-10(11,12)5-18/h3H,4-5,11-12H2,1-2H3. The second-order valence-electron chi connectivity index (χ2n) is 4.93. The highest BCUT2D eigenvalue weighted by atomic mass is 15.5. The zero-order valence-electron chi connectivity index (χ0n) is 10.8. The van der Waals surface area contributed by atoms with Gasteiger partial charge in [0, 0.05) is 5.69 Å². The van der Waals surface area contributed by atoms with Crippen LogP contribution in [0, 0.1) is 13.8 Å². The molecular formula is C10H15N9. The van der Waals surface area contributed by atoms with Crippen molar-refractivity contribution in [1.29, 1.82) is 0 Å². The number of aryl methyl sites for hydroxylation is 2. The summed E-state index contributed by atoms with van der Waals surface area (Å²) in [6.07, 6.45) is 0. The zero-order chi connectivity index (χ0) is 13.6. The summed E-state index contributed by atoms with van der Waals surface area (Å²) in [4.78, 5) is 1.82. The Balaban J connectivity index is 1.82. The summed E-state index contributed by atoms with van der Waals surface area (Å²) in [5.74, 6) is 0.776. The average molecular weight is 261 g/mol. The van der Waals surface area contributed by atoms with Gasteiger partial charge < -0.3 is 16.4 Å². The second kappa shape index (κ2) is 3.93. The van der Waals surface area contributed by atoms with Gasteiger partial charge in [0.15, 0.2) is 0 Å². The number of nitrogens with two attached hydrogens (primary N) is 2. The van der Waals surface area contributed by atoms with Gasteiger partial charge in [0.2, 0.25) is 0 Å². The van der Waals surface area contributed by atoms with Crippen molar-refractivity contribution in [3.63, 3.8) is 0 Å². The van der Waals surface area contributed by atoms with Crippen LogP contribution in [0.2, 0.25) is 0 Å². The molecule has 3 rings (SSSR count). The number of nitrogens with zero attached hydrogens (tertiary/aromatic N) is 7. The summed E-state index contributed by atoms with van der Waals surface area (Å²) in [7, 11) is 0. The fraction of sp³-hybridized carbons (Fsp3) is 0.500. The van der Waals surface area contributed by atoms with Crippen LogP contribution in [0.25, 0.3) is 5.95 Å². The number of aromatic nitrogens is 6.